The molecule has 158 valence electrons. The highest BCUT2D eigenvalue weighted by atomic mass is 16.2. The molecule has 0 bridgehead atoms. The number of piperidine rings is 1. The molecule has 0 radical (unpaired) electrons. The number of benzene rings is 1. The Kier molecular flexibility index (Phi) is 4.93. The summed E-state index contributed by atoms with van der Waals surface area (Å²) < 4.78 is 0. The Labute approximate surface area is 179 Å². The summed E-state index contributed by atoms with van der Waals surface area (Å²) in [5.74, 6) is -0.397. The Bertz CT molecular complexity index is 1140. The molecule has 9 heteroatoms. The summed E-state index contributed by atoms with van der Waals surface area (Å²) >= 11 is 0. The number of nitriles is 1. The number of aromatic nitrogens is 2. The first-order valence-corrected chi connectivity index (χ1v) is 10.0. The lowest BCUT2D eigenvalue weighted by molar-refractivity contribution is -0.129. The van der Waals surface area contributed by atoms with Gasteiger partial charge in [0.15, 0.2) is 0 Å². The first-order valence-electron chi connectivity index (χ1n) is 10.0. The molecule has 4 N–H and O–H groups in total. The first-order chi connectivity index (χ1) is 14.7. The Balaban J connectivity index is 1.66. The maximum atomic E-state index is 12.8. The Morgan fingerprint density at radius 1 is 1.35 bits per heavy atom. The van der Waals surface area contributed by atoms with E-state index >= 15 is 0 Å². The van der Waals surface area contributed by atoms with Gasteiger partial charge in [0.25, 0.3) is 5.91 Å². The van der Waals surface area contributed by atoms with Crippen molar-refractivity contribution in [3.8, 4) is 17.2 Å². The van der Waals surface area contributed by atoms with Crippen LogP contribution in [-0.4, -0.2) is 51.5 Å². The topological polar surface area (TPSA) is 149 Å². The zero-order valence-corrected chi connectivity index (χ0v) is 17.4. The summed E-state index contributed by atoms with van der Waals surface area (Å²) in [6.45, 7) is 4.63. The second-order valence-electron chi connectivity index (χ2n) is 8.38. The van der Waals surface area contributed by atoms with Crippen LogP contribution in [-0.2, 0) is 9.59 Å². The van der Waals surface area contributed by atoms with E-state index in [1.807, 2.05) is 4.90 Å². The Hall–Kier alpha value is -3.80. The molecule has 1 aliphatic carbocycles. The maximum Gasteiger partial charge on any atom is 0.267 e. The van der Waals surface area contributed by atoms with Crippen LogP contribution in [0, 0.1) is 29.1 Å². The monoisotopic (exact) mass is 417 g/mol. The lowest BCUT2D eigenvalue weighted by Gasteiger charge is -2.20. The molecular weight excluding hydrogens is 394 g/mol. The largest absolute Gasteiger partial charge is 0.375 e. The number of carbonyl (C=O) groups is 2. The van der Waals surface area contributed by atoms with Crippen LogP contribution in [0.15, 0.2) is 24.5 Å². The molecule has 1 aromatic heterocycles. The molecule has 0 spiro atoms. The summed E-state index contributed by atoms with van der Waals surface area (Å²) in [4.78, 5) is 34.7. The van der Waals surface area contributed by atoms with Crippen LogP contribution >= 0.6 is 0 Å². The van der Waals surface area contributed by atoms with Crippen molar-refractivity contribution in [2.45, 2.75) is 32.7 Å². The molecule has 2 atom stereocenters. The van der Waals surface area contributed by atoms with Gasteiger partial charge in [0.2, 0.25) is 5.91 Å². The predicted octanol–water partition coefficient (Wildman–Crippen LogP) is 1.60. The van der Waals surface area contributed by atoms with Crippen molar-refractivity contribution in [2.75, 3.05) is 18.4 Å². The molecule has 2 amide bonds. The van der Waals surface area contributed by atoms with Crippen molar-refractivity contribution in [3.63, 3.8) is 0 Å². The van der Waals surface area contributed by atoms with Crippen LogP contribution in [0.1, 0.15) is 36.7 Å². The smallest absolute Gasteiger partial charge is 0.267 e. The van der Waals surface area contributed by atoms with E-state index in [1.54, 1.807) is 31.5 Å². The number of aryl methyl sites for hydroxylation is 1. The summed E-state index contributed by atoms with van der Waals surface area (Å²) in [5.41, 5.74) is 6.96. The Morgan fingerprint density at radius 2 is 2.06 bits per heavy atom. The molecule has 2 fully saturated rings. The van der Waals surface area contributed by atoms with Crippen LogP contribution in [0.5, 0.6) is 0 Å². The second kappa shape index (κ2) is 7.47. The van der Waals surface area contributed by atoms with Gasteiger partial charge in [0.05, 0.1) is 17.8 Å². The highest BCUT2D eigenvalue weighted by Crippen LogP contribution is 2.56. The number of nitrogens with two attached hydrogens (primary N) is 1. The fourth-order valence-corrected chi connectivity index (χ4v) is 4.19. The lowest BCUT2D eigenvalue weighted by Crippen LogP contribution is -2.36. The molecule has 2 aliphatic rings. The number of likely N-dealkylation sites (tertiary alicyclic amines) is 1. The van der Waals surface area contributed by atoms with Crippen molar-refractivity contribution in [1.82, 2.24) is 14.9 Å². The molecule has 1 saturated heterocycles. The number of rotatable bonds is 6. The van der Waals surface area contributed by atoms with Gasteiger partial charge >= 0.3 is 0 Å². The molecule has 2 heterocycles. The van der Waals surface area contributed by atoms with Crippen molar-refractivity contribution < 1.29 is 9.59 Å². The summed E-state index contributed by atoms with van der Waals surface area (Å²) in [7, 11) is 0. The molecule has 1 saturated carbocycles. The highest BCUT2D eigenvalue weighted by Gasteiger charge is 2.58. The molecule has 1 aromatic carbocycles. The minimum atomic E-state index is -0.927. The van der Waals surface area contributed by atoms with Gasteiger partial charge in [-0.3, -0.25) is 15.0 Å². The second-order valence-corrected chi connectivity index (χ2v) is 8.38. The van der Waals surface area contributed by atoms with E-state index in [-0.39, 0.29) is 40.7 Å². The molecule has 4 rings (SSSR count). The van der Waals surface area contributed by atoms with E-state index < -0.39 is 11.6 Å². The predicted molar refractivity (Wildman–Crippen MR) is 114 cm³/mol. The van der Waals surface area contributed by atoms with Gasteiger partial charge in [-0.05, 0) is 42.9 Å². The number of amides is 2. The van der Waals surface area contributed by atoms with E-state index in [9.17, 15) is 14.9 Å². The third-order valence-corrected chi connectivity index (χ3v) is 6.23. The van der Waals surface area contributed by atoms with Gasteiger partial charge in [-0.2, -0.15) is 5.26 Å². The normalized spacial score (nSPS) is 21.2. The van der Waals surface area contributed by atoms with Gasteiger partial charge in [0, 0.05) is 36.1 Å². The lowest BCUT2D eigenvalue weighted by atomic mass is 9.96. The number of primary amides is 1. The van der Waals surface area contributed by atoms with E-state index in [2.05, 4.69) is 28.3 Å². The number of anilines is 1. The summed E-state index contributed by atoms with van der Waals surface area (Å²) in [6.07, 6.45) is 5.23. The SMILES string of the molecule is Cc1ncc(-c2cc(C#N)c(NCC(=O)N3CC[C@@]4(C)CC34)c(C(=N)C(N)=O)c2)cn1. The molecule has 2 aromatic rings. The number of carbonyl (C=O) groups excluding carboxylic acids is 2. The number of nitrogens with zero attached hydrogens (tertiary/aromatic N) is 4. The van der Waals surface area contributed by atoms with Gasteiger partial charge in [-0.1, -0.05) is 6.92 Å². The zero-order valence-electron chi connectivity index (χ0n) is 17.4. The molecule has 31 heavy (non-hydrogen) atoms. The van der Waals surface area contributed by atoms with Crippen molar-refractivity contribution >= 4 is 23.2 Å². The number of hydrogen-bond acceptors (Lipinski definition) is 7. The number of hydrogen-bond donors (Lipinski definition) is 3. The quantitative estimate of drug-likeness (QED) is 0.608. The van der Waals surface area contributed by atoms with Crippen molar-refractivity contribution in [3.05, 3.63) is 41.5 Å². The zero-order chi connectivity index (χ0) is 22.3. The third kappa shape index (κ3) is 3.72. The third-order valence-electron chi connectivity index (χ3n) is 6.23. The maximum absolute atomic E-state index is 12.8. The fourth-order valence-electron chi connectivity index (χ4n) is 4.19. The number of fused-ring (bicyclic) bond motifs is 1. The minimum absolute atomic E-state index is 0.0344. The van der Waals surface area contributed by atoms with Crippen LogP contribution in [0.3, 0.4) is 0 Å². The van der Waals surface area contributed by atoms with E-state index in [4.69, 9.17) is 11.1 Å². The van der Waals surface area contributed by atoms with Crippen LogP contribution < -0.4 is 11.1 Å². The fraction of sp³-hybridized carbons (Fsp3) is 0.364. The van der Waals surface area contributed by atoms with Crippen LogP contribution in [0.2, 0.25) is 0 Å². The van der Waals surface area contributed by atoms with Gasteiger partial charge in [-0.25, -0.2) is 9.97 Å². The van der Waals surface area contributed by atoms with Gasteiger partial charge < -0.3 is 16.0 Å². The number of nitrogens with one attached hydrogen (secondary N) is 2. The Morgan fingerprint density at radius 3 is 2.61 bits per heavy atom. The van der Waals surface area contributed by atoms with Crippen molar-refractivity contribution in [1.29, 1.82) is 10.7 Å². The summed E-state index contributed by atoms with van der Waals surface area (Å²) in [6, 6.07) is 5.58. The highest BCUT2D eigenvalue weighted by molar-refractivity contribution is 6.45. The average Bonchev–Trinajstić information content (AvgIpc) is 3.31. The minimum Gasteiger partial charge on any atom is -0.375 e. The first kappa shape index (κ1) is 20.5. The average molecular weight is 417 g/mol. The molecule has 9 nitrogen and oxygen atoms in total. The van der Waals surface area contributed by atoms with Crippen LogP contribution in [0.4, 0.5) is 5.69 Å². The van der Waals surface area contributed by atoms with Crippen molar-refractivity contribution in [2.24, 2.45) is 11.1 Å². The summed E-state index contributed by atoms with van der Waals surface area (Å²) in [5, 5.41) is 20.9. The molecular formula is C22H23N7O2. The standard InChI is InChI=1S/C22H23N7O2/c1-12-26-9-15(10-27-12)13-5-14(8-23)20(16(6-13)19(24)21(25)31)28-11-18(30)29-4-3-22(2)7-17(22)29/h5-6,9-10,17,24,28H,3-4,7,11H2,1-2H3,(H2,25,31)/t17?,22-/m0/s1. The molecule has 1 unspecified atom stereocenters. The van der Waals surface area contributed by atoms with Gasteiger partial charge in [-0.15, -0.1) is 0 Å². The van der Waals surface area contributed by atoms with E-state index in [0.717, 1.165) is 19.4 Å². The van der Waals surface area contributed by atoms with Gasteiger partial charge in [0.1, 0.15) is 17.6 Å². The molecule has 1 aliphatic heterocycles. The van der Waals surface area contributed by atoms with Crippen LogP contribution in [0.25, 0.3) is 11.1 Å². The van der Waals surface area contributed by atoms with E-state index in [1.165, 1.54) is 0 Å². The van der Waals surface area contributed by atoms with E-state index in [0.29, 0.717) is 17.0 Å².